The zero-order chi connectivity index (χ0) is 99.1. The van der Waals surface area contributed by atoms with Crippen LogP contribution in [-0.4, -0.2) is 44.9 Å². The van der Waals surface area contributed by atoms with Crippen molar-refractivity contribution in [3.63, 3.8) is 0 Å². The Morgan fingerprint density at radius 1 is 0.153 bits per heavy atom. The average molecular weight is 1970 g/mol. The topological polar surface area (TPSA) is 155 Å². The predicted octanol–water partition coefficient (Wildman–Crippen LogP) is 37.4. The van der Waals surface area contributed by atoms with E-state index in [1.165, 1.54) is 71.6 Å². The zero-order valence-corrected chi connectivity index (χ0v) is 82.7. The number of nitrogens with zero attached hydrogens (tertiary/aromatic N) is 9. The number of fused-ring (bicyclic) bond motifs is 18. The second-order valence-corrected chi connectivity index (χ2v) is 40.2. The summed E-state index contributed by atoms with van der Waals surface area (Å²) < 4.78 is 27.9. The molecule has 0 fully saturated rings. The molecule has 0 aliphatic carbocycles. The maximum absolute atomic E-state index is 6.76. The summed E-state index contributed by atoms with van der Waals surface area (Å²) in [5, 5.41) is 13.9. The summed E-state index contributed by atoms with van der Waals surface area (Å²) in [4.78, 5) is 44.7. The summed E-state index contributed by atoms with van der Waals surface area (Å²) in [7, 11) is 0. The number of pyridine rings is 3. The highest BCUT2D eigenvalue weighted by molar-refractivity contribution is 7.27. The van der Waals surface area contributed by atoms with Gasteiger partial charge in [0, 0.05) is 212 Å². The van der Waals surface area contributed by atoms with Crippen molar-refractivity contribution < 1.29 is 13.3 Å². The molecule has 0 aliphatic rings. The summed E-state index contributed by atoms with van der Waals surface area (Å²) >= 11 is 5.49. The van der Waals surface area contributed by atoms with E-state index in [2.05, 4.69) is 343 Å². The van der Waals surface area contributed by atoms with Crippen LogP contribution in [0.4, 0.5) is 0 Å². The number of furan rings is 3. The van der Waals surface area contributed by atoms with Crippen LogP contribution >= 0.6 is 34.0 Å². The van der Waals surface area contributed by atoms with E-state index in [9.17, 15) is 0 Å². The third-order valence-corrected chi connectivity index (χ3v) is 31.9. The van der Waals surface area contributed by atoms with Crippen LogP contribution in [0, 0.1) is 0 Å². The highest BCUT2D eigenvalue weighted by Gasteiger charge is 2.28. The van der Waals surface area contributed by atoms with Crippen molar-refractivity contribution >= 4 is 160 Å². The van der Waals surface area contributed by atoms with E-state index in [1.54, 1.807) is 0 Å². The lowest BCUT2D eigenvalue weighted by atomic mass is 9.95. The van der Waals surface area contributed by atoms with Crippen molar-refractivity contribution in [2.45, 2.75) is 0 Å². The molecule has 30 rings (SSSR count). The van der Waals surface area contributed by atoms with Gasteiger partial charge in [0.15, 0.2) is 17.5 Å². The molecule has 12 aromatic heterocycles. The van der Waals surface area contributed by atoms with Gasteiger partial charge in [0.25, 0.3) is 0 Å². The van der Waals surface area contributed by atoms with E-state index in [-0.39, 0.29) is 0 Å². The molecule has 0 bridgehead atoms. The summed E-state index contributed by atoms with van der Waals surface area (Å²) in [6.07, 6.45) is 5.46. The van der Waals surface area contributed by atoms with E-state index in [0.717, 1.165) is 206 Å². The Balaban J connectivity index is 0.000000108. The second kappa shape index (κ2) is 37.7. The first-order valence-electron chi connectivity index (χ1n) is 49.8. The molecule has 0 atom stereocenters. The lowest BCUT2D eigenvalue weighted by molar-refractivity contribution is 0.669. The second-order valence-electron chi connectivity index (χ2n) is 37.1. The molecule has 0 amide bonds. The van der Waals surface area contributed by atoms with E-state index in [1.807, 2.05) is 198 Å². The van der Waals surface area contributed by atoms with Gasteiger partial charge in [-0.25, -0.2) is 29.9 Å². The molecule has 0 spiro atoms. The van der Waals surface area contributed by atoms with Crippen LogP contribution < -0.4 is 0 Å². The largest absolute Gasteiger partial charge is 0.455 e. The summed E-state index contributed by atoms with van der Waals surface area (Å²) in [5.74, 6) is 1.99. The van der Waals surface area contributed by atoms with Gasteiger partial charge in [-0.2, -0.15) is 0 Å². The molecule has 0 unspecified atom stereocenters. The first-order valence-corrected chi connectivity index (χ1v) is 52.3. The minimum Gasteiger partial charge on any atom is -0.455 e. The molecule has 0 saturated heterocycles. The zero-order valence-electron chi connectivity index (χ0n) is 80.2. The fourth-order valence-electron chi connectivity index (χ4n) is 21.0. The molecular formula is C135H81N9O3S3. The molecule has 0 saturated carbocycles. The van der Waals surface area contributed by atoms with Gasteiger partial charge in [-0.1, -0.05) is 358 Å². The monoisotopic (exact) mass is 1970 g/mol. The highest BCUT2D eigenvalue weighted by Crippen LogP contribution is 2.52. The van der Waals surface area contributed by atoms with Gasteiger partial charge in [0.05, 0.1) is 51.2 Å². The lowest BCUT2D eigenvalue weighted by Crippen LogP contribution is -1.97. The maximum atomic E-state index is 6.76. The quantitative estimate of drug-likeness (QED) is 0.0959. The number of benzene rings is 18. The molecule has 12 nitrogen and oxygen atoms in total. The first-order chi connectivity index (χ1) is 74.3. The Hall–Kier alpha value is -19.3. The molecule has 0 radical (unpaired) electrons. The van der Waals surface area contributed by atoms with Crippen molar-refractivity contribution in [2.24, 2.45) is 0 Å². The Morgan fingerprint density at radius 2 is 0.400 bits per heavy atom. The van der Waals surface area contributed by atoms with Crippen LogP contribution in [0.2, 0.25) is 0 Å². The standard InChI is InChI=1S/3C45H27N3OS/c1-2-11-30(12-3-1)45-47-38(29-22-20-28(21-23-29)37-17-8-9-26-46-37)27-39(48-45)35-25-24-32(43-42(35)36-14-4-6-18-40(36)49-43)34-16-10-15-33-31-13-5-7-19-41(31)50-44(33)34;1-2-11-28(12-3-1)38-27-39(48-45(47-38)30-22-20-29(21-23-30)37-17-8-9-26-46-37)35-25-24-32(43-42(35)36-14-4-6-18-40(36)49-43)34-16-10-15-33-31-13-5-7-19-41(31)50-44(33)34;1-2-11-28(12-3-1)38-27-39(30-22-20-29(21-23-30)37-17-8-9-26-46-37)48-45(47-38)36-25-24-32(43-42(36)35-14-4-6-18-40(35)49-43)34-16-10-15-33-31-13-5-7-19-41(31)50-44(33)34/h3*1-27H. The van der Waals surface area contributed by atoms with Crippen molar-refractivity contribution in [3.05, 3.63) is 492 Å². The molecule has 0 N–H and O–H groups in total. The highest BCUT2D eigenvalue weighted by atomic mass is 32.1. The van der Waals surface area contributed by atoms with E-state index < -0.39 is 0 Å². The Labute approximate surface area is 872 Å². The minimum atomic E-state index is 0.651. The summed E-state index contributed by atoms with van der Waals surface area (Å²) in [5.41, 5.74) is 31.7. The SMILES string of the molecule is c1ccc(-c2cc(-c3ccc(-c4cccc5c4sc4ccccc45)c4oc5ccccc5c34)nc(-c3ccc(-c4ccccn4)cc3)n2)cc1.c1ccc(-c2cc(-c3ccc(-c4ccccn4)cc3)nc(-c3ccc(-c4cccc5c4sc4ccccc45)c4oc5ccccc5c34)n2)cc1.c1ccc(-c2nc(-c3ccc(-c4ccccn4)cc3)cc(-c3ccc(-c4cccc5c4sc4ccccc45)c4oc5ccccc5c34)n2)cc1. The number of rotatable bonds is 15. The van der Waals surface area contributed by atoms with Crippen LogP contribution in [-0.2, 0) is 0 Å². The van der Waals surface area contributed by atoms with Gasteiger partial charge in [-0.15, -0.1) is 34.0 Å². The van der Waals surface area contributed by atoms with Gasteiger partial charge in [-0.3, -0.25) is 15.0 Å². The number of hydrogen-bond acceptors (Lipinski definition) is 15. The molecular weight excluding hydrogens is 1890 g/mol. The number of para-hydroxylation sites is 3. The van der Waals surface area contributed by atoms with Crippen molar-refractivity contribution in [1.29, 1.82) is 0 Å². The number of aromatic nitrogens is 9. The van der Waals surface area contributed by atoms with Gasteiger partial charge in [0.2, 0.25) is 0 Å². The Bertz CT molecular complexity index is 9520. The molecule has 0 aliphatic heterocycles. The molecule has 702 valence electrons. The third-order valence-electron chi connectivity index (χ3n) is 28.2. The van der Waals surface area contributed by atoms with Gasteiger partial charge in [0.1, 0.15) is 33.5 Å². The third kappa shape index (κ3) is 16.0. The van der Waals surface area contributed by atoms with Crippen LogP contribution in [0.15, 0.2) is 505 Å². The Morgan fingerprint density at radius 3 is 0.747 bits per heavy atom. The number of hydrogen-bond donors (Lipinski definition) is 0. The van der Waals surface area contributed by atoms with E-state index in [0.29, 0.717) is 17.5 Å². The van der Waals surface area contributed by atoms with Crippen molar-refractivity contribution in [1.82, 2.24) is 44.9 Å². The van der Waals surface area contributed by atoms with Crippen molar-refractivity contribution in [2.75, 3.05) is 0 Å². The number of thiophene rings is 3. The van der Waals surface area contributed by atoms with E-state index in [4.69, 9.17) is 43.2 Å². The molecule has 30 aromatic rings. The minimum absolute atomic E-state index is 0.651. The van der Waals surface area contributed by atoms with Crippen LogP contribution in [0.3, 0.4) is 0 Å². The molecule has 18 aromatic carbocycles. The van der Waals surface area contributed by atoms with Gasteiger partial charge < -0.3 is 13.3 Å². The first kappa shape index (κ1) is 88.4. The van der Waals surface area contributed by atoms with Gasteiger partial charge >= 0.3 is 0 Å². The summed E-state index contributed by atoms with van der Waals surface area (Å²) in [6.45, 7) is 0. The lowest BCUT2D eigenvalue weighted by Gasteiger charge is -2.12. The fourth-order valence-corrected chi connectivity index (χ4v) is 24.7. The van der Waals surface area contributed by atoms with Crippen LogP contribution in [0.25, 0.3) is 295 Å². The molecule has 15 heteroatoms. The summed E-state index contributed by atoms with van der Waals surface area (Å²) in [6, 6.07) is 164. The predicted molar refractivity (Wildman–Crippen MR) is 622 cm³/mol. The smallest absolute Gasteiger partial charge is 0.161 e. The fraction of sp³-hybridized carbons (Fsp3) is 0. The van der Waals surface area contributed by atoms with Crippen LogP contribution in [0.5, 0.6) is 0 Å². The van der Waals surface area contributed by atoms with Crippen LogP contribution in [0.1, 0.15) is 0 Å². The molecule has 150 heavy (non-hydrogen) atoms. The van der Waals surface area contributed by atoms with Gasteiger partial charge in [-0.05, 0) is 115 Å². The average Bonchev–Trinajstić information content (AvgIpc) is 1.58. The maximum Gasteiger partial charge on any atom is 0.161 e. The normalized spacial score (nSPS) is 11.6. The van der Waals surface area contributed by atoms with Crippen molar-refractivity contribution in [3.8, 4) is 169 Å². The van der Waals surface area contributed by atoms with E-state index >= 15 is 0 Å². The Kier molecular flexibility index (Phi) is 22.2. The molecule has 12 heterocycles.